The van der Waals surface area contributed by atoms with Gasteiger partial charge in [0.15, 0.2) is 0 Å². The number of sulfonamides is 1. The van der Waals surface area contributed by atoms with Gasteiger partial charge in [-0.2, -0.15) is 4.31 Å². The number of amides is 1. The lowest BCUT2D eigenvalue weighted by Gasteiger charge is -2.18. The van der Waals surface area contributed by atoms with E-state index in [4.69, 9.17) is 5.73 Å². The Balaban J connectivity index is 0.00000192. The van der Waals surface area contributed by atoms with Crippen LogP contribution in [0.5, 0.6) is 0 Å². The molecular weight excluding hydrogens is 338 g/mol. The van der Waals surface area contributed by atoms with Crippen LogP contribution in [0, 0.1) is 5.92 Å². The van der Waals surface area contributed by atoms with Crippen LogP contribution in [0.25, 0.3) is 0 Å². The van der Waals surface area contributed by atoms with Crippen LogP contribution in [0.3, 0.4) is 0 Å². The van der Waals surface area contributed by atoms with Gasteiger partial charge in [-0.1, -0.05) is 0 Å². The number of hydrogen-bond donors (Lipinski definition) is 1. The maximum atomic E-state index is 12.6. The maximum absolute atomic E-state index is 12.6. The Morgan fingerprint density at radius 1 is 1.17 bits per heavy atom. The molecule has 2 heterocycles. The van der Waals surface area contributed by atoms with E-state index in [0.29, 0.717) is 32.6 Å². The van der Waals surface area contributed by atoms with Gasteiger partial charge in [-0.25, -0.2) is 8.42 Å². The molecule has 1 aromatic carbocycles. The van der Waals surface area contributed by atoms with Crippen LogP contribution in [-0.2, 0) is 14.8 Å². The minimum absolute atomic E-state index is 0. The highest BCUT2D eigenvalue weighted by atomic mass is 35.5. The number of nitrogens with two attached hydrogens (primary N) is 1. The fraction of sp³-hybridized carbons (Fsp3) is 0.533. The van der Waals surface area contributed by atoms with Gasteiger partial charge >= 0.3 is 0 Å². The molecule has 0 radical (unpaired) electrons. The summed E-state index contributed by atoms with van der Waals surface area (Å²) in [6.07, 6.45) is 2.23. The van der Waals surface area contributed by atoms with E-state index in [9.17, 15) is 13.2 Å². The van der Waals surface area contributed by atoms with Crippen molar-refractivity contribution in [3.8, 4) is 0 Å². The molecule has 0 bridgehead atoms. The molecule has 128 valence electrons. The molecule has 1 amide bonds. The number of carbonyl (C=O) groups is 1. The van der Waals surface area contributed by atoms with Gasteiger partial charge < -0.3 is 10.6 Å². The fourth-order valence-electron chi connectivity index (χ4n) is 3.08. The molecule has 8 heteroatoms. The van der Waals surface area contributed by atoms with Crippen LogP contribution in [0.15, 0.2) is 29.2 Å². The van der Waals surface area contributed by atoms with E-state index in [1.165, 1.54) is 4.31 Å². The molecular formula is C15H22ClN3O3S. The zero-order chi connectivity index (χ0) is 15.7. The van der Waals surface area contributed by atoms with E-state index in [0.717, 1.165) is 18.5 Å². The fourth-order valence-corrected chi connectivity index (χ4v) is 4.61. The number of rotatable bonds is 4. The first kappa shape index (κ1) is 18.2. The third-order valence-electron chi connectivity index (χ3n) is 4.44. The second kappa shape index (κ2) is 7.17. The molecule has 2 aliphatic heterocycles. The van der Waals surface area contributed by atoms with E-state index < -0.39 is 10.0 Å². The number of benzene rings is 1. The van der Waals surface area contributed by atoms with E-state index in [1.807, 2.05) is 0 Å². The molecule has 1 aromatic rings. The second-order valence-electron chi connectivity index (χ2n) is 5.90. The van der Waals surface area contributed by atoms with Crippen molar-refractivity contribution in [2.45, 2.75) is 24.2 Å². The number of halogens is 1. The molecule has 2 aliphatic rings. The summed E-state index contributed by atoms with van der Waals surface area (Å²) in [5.74, 6) is 0.345. The molecule has 1 atom stereocenters. The van der Waals surface area contributed by atoms with Crippen LogP contribution < -0.4 is 10.6 Å². The lowest BCUT2D eigenvalue weighted by molar-refractivity contribution is -0.117. The molecule has 2 fully saturated rings. The molecule has 0 spiro atoms. The average Bonchev–Trinajstić information content (AvgIpc) is 3.16. The Bertz CT molecular complexity index is 663. The van der Waals surface area contributed by atoms with E-state index >= 15 is 0 Å². The minimum atomic E-state index is -3.46. The second-order valence-corrected chi connectivity index (χ2v) is 7.83. The van der Waals surface area contributed by atoms with Gasteiger partial charge in [-0.05, 0) is 49.6 Å². The largest absolute Gasteiger partial charge is 0.330 e. The molecule has 0 aromatic heterocycles. The molecule has 0 aliphatic carbocycles. The Labute approximate surface area is 143 Å². The zero-order valence-corrected chi connectivity index (χ0v) is 14.5. The van der Waals surface area contributed by atoms with Crippen molar-refractivity contribution in [3.05, 3.63) is 24.3 Å². The summed E-state index contributed by atoms with van der Waals surface area (Å²) in [6, 6.07) is 6.61. The van der Waals surface area contributed by atoms with E-state index in [1.54, 1.807) is 29.2 Å². The quantitative estimate of drug-likeness (QED) is 0.875. The smallest absolute Gasteiger partial charge is 0.243 e. The van der Waals surface area contributed by atoms with Crippen LogP contribution in [0.4, 0.5) is 5.69 Å². The van der Waals surface area contributed by atoms with Crippen LogP contribution in [0.2, 0.25) is 0 Å². The van der Waals surface area contributed by atoms with Gasteiger partial charge in [-0.15, -0.1) is 12.4 Å². The maximum Gasteiger partial charge on any atom is 0.243 e. The summed E-state index contributed by atoms with van der Waals surface area (Å²) >= 11 is 0. The standard InChI is InChI=1S/C15H21N3O3S.ClH/c16-10-12-7-9-17(11-12)22(20,21)14-5-3-13(4-6-14)18-8-1-2-15(18)19;/h3-6,12H,1-2,7-11,16H2;1H. The van der Waals surface area contributed by atoms with Crippen molar-refractivity contribution in [2.75, 3.05) is 31.1 Å². The van der Waals surface area contributed by atoms with Crippen molar-refractivity contribution in [2.24, 2.45) is 11.7 Å². The summed E-state index contributed by atoms with van der Waals surface area (Å²) in [4.78, 5) is 13.7. The Hall–Kier alpha value is -1.15. The Morgan fingerprint density at radius 2 is 1.87 bits per heavy atom. The molecule has 0 saturated carbocycles. The van der Waals surface area contributed by atoms with Crippen LogP contribution in [-0.4, -0.2) is 44.8 Å². The van der Waals surface area contributed by atoms with E-state index in [-0.39, 0.29) is 29.1 Å². The first-order valence-corrected chi connectivity index (χ1v) is 9.07. The summed E-state index contributed by atoms with van der Waals surface area (Å²) in [5.41, 5.74) is 6.39. The summed E-state index contributed by atoms with van der Waals surface area (Å²) in [7, 11) is -3.46. The topological polar surface area (TPSA) is 83.7 Å². The summed E-state index contributed by atoms with van der Waals surface area (Å²) in [6.45, 7) is 2.24. The van der Waals surface area contributed by atoms with Crippen molar-refractivity contribution < 1.29 is 13.2 Å². The normalized spacial score (nSPS) is 22.4. The lowest BCUT2D eigenvalue weighted by atomic mass is 10.1. The number of hydrogen-bond acceptors (Lipinski definition) is 4. The average molecular weight is 360 g/mol. The summed E-state index contributed by atoms with van der Waals surface area (Å²) in [5, 5.41) is 0. The van der Waals surface area contributed by atoms with E-state index in [2.05, 4.69) is 0 Å². The van der Waals surface area contributed by atoms with Crippen molar-refractivity contribution in [1.82, 2.24) is 4.31 Å². The Kier molecular flexibility index (Phi) is 5.67. The van der Waals surface area contributed by atoms with Gasteiger partial charge in [0.2, 0.25) is 15.9 Å². The predicted molar refractivity (Wildman–Crippen MR) is 91.2 cm³/mol. The highest BCUT2D eigenvalue weighted by molar-refractivity contribution is 7.89. The first-order chi connectivity index (χ1) is 10.5. The number of anilines is 1. The third kappa shape index (κ3) is 3.52. The van der Waals surface area contributed by atoms with Crippen molar-refractivity contribution >= 4 is 34.0 Å². The molecule has 2 saturated heterocycles. The first-order valence-electron chi connectivity index (χ1n) is 7.63. The highest BCUT2D eigenvalue weighted by Crippen LogP contribution is 2.27. The number of carbonyl (C=O) groups excluding carboxylic acids is 1. The lowest BCUT2D eigenvalue weighted by Crippen LogP contribution is -2.30. The molecule has 3 rings (SSSR count). The molecule has 1 unspecified atom stereocenters. The highest BCUT2D eigenvalue weighted by Gasteiger charge is 2.32. The summed E-state index contributed by atoms with van der Waals surface area (Å²) < 4.78 is 26.7. The van der Waals surface area contributed by atoms with Gasteiger partial charge in [0.1, 0.15) is 0 Å². The number of nitrogens with zero attached hydrogens (tertiary/aromatic N) is 2. The van der Waals surface area contributed by atoms with Gasteiger partial charge in [0.25, 0.3) is 0 Å². The Morgan fingerprint density at radius 3 is 2.39 bits per heavy atom. The minimum Gasteiger partial charge on any atom is -0.330 e. The predicted octanol–water partition coefficient (Wildman–Crippen LogP) is 1.20. The zero-order valence-electron chi connectivity index (χ0n) is 12.8. The molecule has 23 heavy (non-hydrogen) atoms. The monoisotopic (exact) mass is 359 g/mol. The SMILES string of the molecule is Cl.NCC1CCN(S(=O)(=O)c2ccc(N3CCCC3=O)cc2)C1. The molecule has 6 nitrogen and oxygen atoms in total. The van der Waals surface area contributed by atoms with Crippen molar-refractivity contribution in [3.63, 3.8) is 0 Å². The van der Waals surface area contributed by atoms with Gasteiger partial charge in [-0.3, -0.25) is 4.79 Å². The molecule has 2 N–H and O–H groups in total. The van der Waals surface area contributed by atoms with Gasteiger partial charge in [0.05, 0.1) is 4.90 Å². The third-order valence-corrected chi connectivity index (χ3v) is 6.32. The van der Waals surface area contributed by atoms with Gasteiger partial charge in [0, 0.05) is 31.7 Å². The van der Waals surface area contributed by atoms with Crippen LogP contribution >= 0.6 is 12.4 Å². The van der Waals surface area contributed by atoms with Crippen LogP contribution in [0.1, 0.15) is 19.3 Å². The van der Waals surface area contributed by atoms with Crippen molar-refractivity contribution in [1.29, 1.82) is 0 Å².